The number of ether oxygens (including phenoxy) is 1. The highest BCUT2D eigenvalue weighted by molar-refractivity contribution is 5.76. The number of carboxylic acids is 1. The zero-order valence-electron chi connectivity index (χ0n) is 8.98. The predicted octanol–water partition coefficient (Wildman–Crippen LogP) is -1.42. The molecule has 0 radical (unpaired) electrons. The lowest BCUT2D eigenvalue weighted by Crippen LogP contribution is -2.55. The molecule has 0 saturated carbocycles. The summed E-state index contributed by atoms with van der Waals surface area (Å²) in [4.78, 5) is 21.1. The Morgan fingerprint density at radius 2 is 2.12 bits per heavy atom. The van der Waals surface area contributed by atoms with Crippen LogP contribution in [0.3, 0.4) is 0 Å². The lowest BCUT2D eigenvalue weighted by Gasteiger charge is -2.38. The van der Waals surface area contributed by atoms with Crippen LogP contribution in [0.2, 0.25) is 0 Å². The minimum Gasteiger partial charge on any atom is -0.477 e. The lowest BCUT2D eigenvalue weighted by molar-refractivity contribution is -0.275. The summed E-state index contributed by atoms with van der Waals surface area (Å²) in [5, 5.41) is 41.2. The van der Waals surface area contributed by atoms with E-state index in [0.29, 0.717) is 6.29 Å². The van der Waals surface area contributed by atoms with Crippen molar-refractivity contribution in [2.24, 2.45) is 5.92 Å². The third-order valence-electron chi connectivity index (χ3n) is 2.41. The Kier molecular flexibility index (Phi) is 5.53. The number of nitrogens with zero attached hydrogens (tertiary/aromatic N) is 1. The molecule has 0 bridgehead atoms. The maximum Gasteiger partial charge on any atom is 0.364 e. The number of carboxylic acid groups (broad SMARTS) is 1. The van der Waals surface area contributed by atoms with Gasteiger partial charge in [0.1, 0.15) is 12.4 Å². The van der Waals surface area contributed by atoms with Crippen molar-refractivity contribution in [3.63, 3.8) is 0 Å². The molecule has 8 nitrogen and oxygen atoms in total. The summed E-state index contributed by atoms with van der Waals surface area (Å²) in [7, 11) is 0. The smallest absolute Gasteiger partial charge is 0.364 e. The second-order valence-electron chi connectivity index (χ2n) is 3.54. The molecule has 1 rings (SSSR count). The van der Waals surface area contributed by atoms with Crippen LogP contribution in [0.15, 0.2) is 0 Å². The number of aliphatic hydroxyl groups is 3. The van der Waals surface area contributed by atoms with Crippen LogP contribution in [0, 0.1) is 17.4 Å². The fraction of sp³-hybridized carbons (Fsp3) is 0.667. The largest absolute Gasteiger partial charge is 0.477 e. The average molecular weight is 247 g/mol. The second-order valence-corrected chi connectivity index (χ2v) is 3.54. The molecule has 0 aromatic rings. The number of aliphatic carboxylic acids is 1. The summed E-state index contributed by atoms with van der Waals surface area (Å²) in [6.07, 6.45) is -1.48. The van der Waals surface area contributed by atoms with E-state index in [1.54, 1.807) is 6.92 Å². The van der Waals surface area contributed by atoms with E-state index >= 15 is 0 Å². The molecule has 96 valence electrons. The molecule has 1 heterocycles. The Balaban J connectivity index is 0.000000770. The van der Waals surface area contributed by atoms with Gasteiger partial charge in [0, 0.05) is 12.3 Å². The fourth-order valence-corrected chi connectivity index (χ4v) is 1.36. The van der Waals surface area contributed by atoms with Crippen LogP contribution in [0.5, 0.6) is 0 Å². The molecule has 0 aromatic heterocycles. The highest BCUT2D eigenvalue weighted by Gasteiger charge is 2.49. The van der Waals surface area contributed by atoms with Crippen molar-refractivity contribution in [2.75, 3.05) is 0 Å². The molecule has 4 unspecified atom stereocenters. The van der Waals surface area contributed by atoms with Crippen LogP contribution in [-0.4, -0.2) is 50.7 Å². The summed E-state index contributed by atoms with van der Waals surface area (Å²) >= 11 is 0. The van der Waals surface area contributed by atoms with E-state index in [1.807, 2.05) is 0 Å². The third kappa shape index (κ3) is 3.67. The molecular weight excluding hydrogens is 234 g/mol. The lowest BCUT2D eigenvalue weighted by atomic mass is 9.89. The monoisotopic (exact) mass is 247 g/mol. The Bertz CT molecular complexity index is 326. The Hall–Kier alpha value is -1.69. The first-order valence-corrected chi connectivity index (χ1v) is 4.62. The van der Waals surface area contributed by atoms with E-state index in [1.165, 1.54) is 0 Å². The number of aliphatic hydroxyl groups excluding tert-OH is 2. The number of rotatable bonds is 2. The molecule has 1 saturated heterocycles. The van der Waals surface area contributed by atoms with Gasteiger partial charge in [-0.15, -0.1) is 0 Å². The molecule has 0 amide bonds. The second kappa shape index (κ2) is 6.15. The van der Waals surface area contributed by atoms with Gasteiger partial charge in [-0.2, -0.15) is 5.26 Å². The summed E-state index contributed by atoms with van der Waals surface area (Å²) in [5.41, 5.74) is 0. The van der Waals surface area contributed by atoms with Crippen molar-refractivity contribution in [3.05, 3.63) is 0 Å². The van der Waals surface area contributed by atoms with Gasteiger partial charge in [0.2, 0.25) is 0 Å². The first-order chi connectivity index (χ1) is 7.82. The van der Waals surface area contributed by atoms with Gasteiger partial charge >= 0.3 is 5.97 Å². The van der Waals surface area contributed by atoms with Crippen LogP contribution in [0.4, 0.5) is 0 Å². The summed E-state index contributed by atoms with van der Waals surface area (Å²) in [6, 6.07) is 0. The van der Waals surface area contributed by atoms with Crippen molar-refractivity contribution >= 4 is 12.3 Å². The first-order valence-electron chi connectivity index (χ1n) is 4.62. The Morgan fingerprint density at radius 3 is 2.47 bits per heavy atom. The molecule has 0 aromatic carbocycles. The normalized spacial score (nSPS) is 36.0. The van der Waals surface area contributed by atoms with Gasteiger partial charge in [-0.25, -0.2) is 4.79 Å². The molecule has 8 heteroatoms. The first kappa shape index (κ1) is 15.3. The van der Waals surface area contributed by atoms with Gasteiger partial charge in [0.05, 0.1) is 6.10 Å². The minimum absolute atomic E-state index is 0.376. The molecule has 0 spiro atoms. The maximum atomic E-state index is 10.6. The number of carbonyl (C=O) groups excluding carboxylic acids is 1. The summed E-state index contributed by atoms with van der Waals surface area (Å²) < 4.78 is 4.70. The molecule has 0 aliphatic carbocycles. The van der Waals surface area contributed by atoms with Crippen LogP contribution >= 0.6 is 0 Å². The van der Waals surface area contributed by atoms with Crippen LogP contribution in [-0.2, 0) is 14.3 Å². The standard InChI is InChI=1S/C8H12O6.CHNO/c1-4-5(10)2-8(13,7(11)12)14-6(4)3-9;2-1-3/h3-6,10,13H,2H2,1H3,(H,11,12);3H. The zero-order chi connectivity index (χ0) is 13.6. The maximum absolute atomic E-state index is 10.6. The van der Waals surface area contributed by atoms with E-state index in [0.717, 1.165) is 6.26 Å². The van der Waals surface area contributed by atoms with Crippen molar-refractivity contribution < 1.29 is 34.8 Å². The van der Waals surface area contributed by atoms with Gasteiger partial charge in [0.15, 0.2) is 0 Å². The Morgan fingerprint density at radius 1 is 1.65 bits per heavy atom. The van der Waals surface area contributed by atoms with Crippen molar-refractivity contribution in [3.8, 4) is 6.26 Å². The van der Waals surface area contributed by atoms with Gasteiger partial charge in [0.25, 0.3) is 12.0 Å². The molecule has 1 aliphatic heterocycles. The van der Waals surface area contributed by atoms with Crippen molar-refractivity contribution in [2.45, 2.75) is 31.3 Å². The topological polar surface area (TPSA) is 148 Å². The number of nitriles is 1. The van der Waals surface area contributed by atoms with Crippen molar-refractivity contribution in [1.29, 1.82) is 5.26 Å². The number of aldehydes is 1. The fourth-order valence-electron chi connectivity index (χ4n) is 1.36. The van der Waals surface area contributed by atoms with E-state index in [2.05, 4.69) is 0 Å². The molecule has 1 aliphatic rings. The highest BCUT2D eigenvalue weighted by atomic mass is 16.7. The molecule has 4 N–H and O–H groups in total. The quantitative estimate of drug-likeness (QED) is 0.343. The van der Waals surface area contributed by atoms with Crippen LogP contribution < -0.4 is 0 Å². The SMILES string of the molecule is CC1C(O)CC(O)(C(=O)O)OC1C=O.N#CO. The van der Waals surface area contributed by atoms with Crippen LogP contribution in [0.25, 0.3) is 0 Å². The van der Waals surface area contributed by atoms with Gasteiger partial charge in [-0.1, -0.05) is 6.92 Å². The third-order valence-corrected chi connectivity index (χ3v) is 2.41. The predicted molar refractivity (Wildman–Crippen MR) is 50.9 cm³/mol. The minimum atomic E-state index is -2.46. The molecule has 1 fully saturated rings. The Labute approximate surface area is 96.7 Å². The number of hydrogen-bond acceptors (Lipinski definition) is 7. The summed E-state index contributed by atoms with van der Waals surface area (Å²) in [5.74, 6) is -4.58. The van der Waals surface area contributed by atoms with E-state index in [-0.39, 0.29) is 0 Å². The van der Waals surface area contributed by atoms with Gasteiger partial charge in [-0.3, -0.25) is 0 Å². The molecular formula is C9H13NO7. The summed E-state index contributed by atoms with van der Waals surface area (Å²) in [6.45, 7) is 1.55. The van der Waals surface area contributed by atoms with E-state index in [9.17, 15) is 19.8 Å². The van der Waals surface area contributed by atoms with E-state index < -0.39 is 36.3 Å². The van der Waals surface area contributed by atoms with Gasteiger partial charge in [-0.05, 0) is 0 Å². The highest BCUT2D eigenvalue weighted by Crippen LogP contribution is 2.30. The van der Waals surface area contributed by atoms with E-state index in [4.69, 9.17) is 20.2 Å². The van der Waals surface area contributed by atoms with Gasteiger partial charge < -0.3 is 30.0 Å². The number of carbonyl (C=O) groups is 2. The number of hydrogen-bond donors (Lipinski definition) is 4. The van der Waals surface area contributed by atoms with Crippen LogP contribution in [0.1, 0.15) is 13.3 Å². The average Bonchev–Trinajstić information content (AvgIpc) is 2.24. The van der Waals surface area contributed by atoms with Crippen molar-refractivity contribution in [1.82, 2.24) is 0 Å². The molecule has 4 atom stereocenters. The molecule has 17 heavy (non-hydrogen) atoms. The zero-order valence-corrected chi connectivity index (χ0v) is 8.98.